The molecule has 1 amide bonds. The molecule has 6 heteroatoms. The van der Waals surface area contributed by atoms with Gasteiger partial charge in [-0.25, -0.2) is 8.78 Å². The first kappa shape index (κ1) is 13.2. The number of fused-ring (bicyclic) bond motifs is 1. The number of hydrogen-bond donors (Lipinski definition) is 2. The largest absolute Gasteiger partial charge is 0.348 e. The van der Waals surface area contributed by atoms with E-state index in [0.29, 0.717) is 11.1 Å². The van der Waals surface area contributed by atoms with Crippen molar-refractivity contribution in [2.45, 2.75) is 6.54 Å². The molecule has 4 nitrogen and oxygen atoms in total. The highest BCUT2D eigenvalue weighted by Gasteiger charge is 2.08. The third-order valence-corrected chi connectivity index (χ3v) is 3.08. The summed E-state index contributed by atoms with van der Waals surface area (Å²) < 4.78 is 26.1. The molecule has 0 saturated carbocycles. The topological polar surface area (TPSA) is 57.8 Å². The SMILES string of the molecule is O=C(NCc1cc(F)cc(F)c1)c1ccc2[nH]ncc2c1. The van der Waals surface area contributed by atoms with Gasteiger partial charge in [-0.1, -0.05) is 0 Å². The van der Waals surface area contributed by atoms with Gasteiger partial charge in [0, 0.05) is 23.6 Å². The zero-order valence-electron chi connectivity index (χ0n) is 10.9. The first-order valence-electron chi connectivity index (χ1n) is 6.28. The standard InChI is InChI=1S/C15H11F2N3O/c16-12-3-9(4-13(17)6-12)7-18-15(21)10-1-2-14-11(5-10)8-19-20-14/h1-6,8H,7H2,(H,18,21)(H,19,20). The van der Waals surface area contributed by atoms with Crippen LogP contribution >= 0.6 is 0 Å². The highest BCUT2D eigenvalue weighted by molar-refractivity contribution is 5.97. The van der Waals surface area contributed by atoms with Crippen LogP contribution in [-0.4, -0.2) is 16.1 Å². The second-order valence-corrected chi connectivity index (χ2v) is 4.63. The van der Waals surface area contributed by atoms with E-state index in [1.807, 2.05) is 0 Å². The van der Waals surface area contributed by atoms with Crippen molar-refractivity contribution in [3.8, 4) is 0 Å². The number of aromatic nitrogens is 2. The zero-order valence-corrected chi connectivity index (χ0v) is 10.9. The second-order valence-electron chi connectivity index (χ2n) is 4.63. The van der Waals surface area contributed by atoms with Gasteiger partial charge in [-0.3, -0.25) is 9.89 Å². The third-order valence-electron chi connectivity index (χ3n) is 3.08. The molecule has 1 heterocycles. The van der Waals surface area contributed by atoms with Crippen molar-refractivity contribution >= 4 is 16.8 Å². The third kappa shape index (κ3) is 2.89. The lowest BCUT2D eigenvalue weighted by Gasteiger charge is -2.06. The van der Waals surface area contributed by atoms with Gasteiger partial charge in [0.15, 0.2) is 0 Å². The van der Waals surface area contributed by atoms with Crippen LogP contribution in [0, 0.1) is 11.6 Å². The molecule has 0 fully saturated rings. The summed E-state index contributed by atoms with van der Waals surface area (Å²) in [5.74, 6) is -1.65. The number of aromatic amines is 1. The summed E-state index contributed by atoms with van der Waals surface area (Å²) in [6.45, 7) is 0.0525. The Hall–Kier alpha value is -2.76. The number of H-pyrrole nitrogens is 1. The first-order chi connectivity index (χ1) is 10.1. The number of hydrogen-bond acceptors (Lipinski definition) is 2. The Bertz CT molecular complexity index is 793. The lowest BCUT2D eigenvalue weighted by molar-refractivity contribution is 0.0951. The van der Waals surface area contributed by atoms with Crippen LogP contribution < -0.4 is 5.32 Å². The fraction of sp³-hybridized carbons (Fsp3) is 0.0667. The fourth-order valence-corrected chi connectivity index (χ4v) is 2.08. The number of carbonyl (C=O) groups excluding carboxylic acids is 1. The van der Waals surface area contributed by atoms with Crippen molar-refractivity contribution in [1.29, 1.82) is 0 Å². The van der Waals surface area contributed by atoms with E-state index in [1.54, 1.807) is 24.4 Å². The van der Waals surface area contributed by atoms with E-state index >= 15 is 0 Å². The Labute approximate surface area is 118 Å². The molecule has 0 spiro atoms. The van der Waals surface area contributed by atoms with Gasteiger partial charge in [-0.2, -0.15) is 5.10 Å². The maximum absolute atomic E-state index is 13.1. The van der Waals surface area contributed by atoms with Crippen LogP contribution in [0.15, 0.2) is 42.6 Å². The Morgan fingerprint density at radius 1 is 1.14 bits per heavy atom. The Morgan fingerprint density at radius 3 is 2.67 bits per heavy atom. The molecule has 2 aromatic carbocycles. The molecule has 0 aliphatic rings. The molecule has 3 aromatic rings. The highest BCUT2D eigenvalue weighted by Crippen LogP contribution is 2.13. The normalized spacial score (nSPS) is 10.8. The molecule has 0 radical (unpaired) electrons. The average molecular weight is 287 g/mol. The van der Waals surface area contributed by atoms with Crippen molar-refractivity contribution in [1.82, 2.24) is 15.5 Å². The minimum absolute atomic E-state index is 0.0525. The van der Waals surface area contributed by atoms with Crippen LogP contribution in [0.5, 0.6) is 0 Å². The van der Waals surface area contributed by atoms with Crippen molar-refractivity contribution < 1.29 is 13.6 Å². The van der Waals surface area contributed by atoms with E-state index in [9.17, 15) is 13.6 Å². The minimum atomic E-state index is -0.668. The van der Waals surface area contributed by atoms with Crippen LogP contribution in [0.2, 0.25) is 0 Å². The number of nitrogens with one attached hydrogen (secondary N) is 2. The number of nitrogens with zero attached hydrogens (tertiary/aromatic N) is 1. The Morgan fingerprint density at radius 2 is 1.90 bits per heavy atom. The molecule has 0 unspecified atom stereocenters. The van der Waals surface area contributed by atoms with Gasteiger partial charge in [0.1, 0.15) is 11.6 Å². The molecule has 0 aliphatic carbocycles. The lowest BCUT2D eigenvalue weighted by atomic mass is 10.1. The predicted octanol–water partition coefficient (Wildman–Crippen LogP) is 2.77. The van der Waals surface area contributed by atoms with Crippen LogP contribution in [0.25, 0.3) is 10.9 Å². The van der Waals surface area contributed by atoms with Gasteiger partial charge in [-0.15, -0.1) is 0 Å². The van der Waals surface area contributed by atoms with E-state index in [2.05, 4.69) is 15.5 Å². The molecule has 106 valence electrons. The number of carbonyl (C=O) groups is 1. The molecule has 2 N–H and O–H groups in total. The van der Waals surface area contributed by atoms with E-state index in [-0.39, 0.29) is 12.5 Å². The number of amides is 1. The molecule has 0 aliphatic heterocycles. The first-order valence-corrected chi connectivity index (χ1v) is 6.28. The van der Waals surface area contributed by atoms with Gasteiger partial charge < -0.3 is 5.32 Å². The van der Waals surface area contributed by atoms with E-state index < -0.39 is 11.6 Å². The van der Waals surface area contributed by atoms with Gasteiger partial charge in [0.2, 0.25) is 0 Å². The highest BCUT2D eigenvalue weighted by atomic mass is 19.1. The Balaban J connectivity index is 1.73. The van der Waals surface area contributed by atoms with Gasteiger partial charge in [-0.05, 0) is 35.9 Å². The van der Waals surface area contributed by atoms with Crippen LogP contribution in [0.4, 0.5) is 8.78 Å². The van der Waals surface area contributed by atoms with Crippen LogP contribution in [-0.2, 0) is 6.54 Å². The molecule has 0 atom stereocenters. The van der Waals surface area contributed by atoms with Gasteiger partial charge >= 0.3 is 0 Å². The summed E-state index contributed by atoms with van der Waals surface area (Å²) in [5.41, 5.74) is 1.66. The molecule has 0 bridgehead atoms. The second kappa shape index (κ2) is 5.32. The monoisotopic (exact) mass is 287 g/mol. The fourth-order valence-electron chi connectivity index (χ4n) is 2.08. The summed E-state index contributed by atoms with van der Waals surface area (Å²) in [7, 11) is 0. The lowest BCUT2D eigenvalue weighted by Crippen LogP contribution is -2.22. The summed E-state index contributed by atoms with van der Waals surface area (Å²) in [5, 5.41) is 10.1. The maximum atomic E-state index is 13.1. The number of rotatable bonds is 3. The molecular weight excluding hydrogens is 276 g/mol. The van der Waals surface area contributed by atoms with Crippen molar-refractivity contribution in [3.63, 3.8) is 0 Å². The summed E-state index contributed by atoms with van der Waals surface area (Å²) in [6.07, 6.45) is 1.62. The van der Waals surface area contributed by atoms with Gasteiger partial charge in [0.25, 0.3) is 5.91 Å². The molecule has 0 saturated heterocycles. The zero-order chi connectivity index (χ0) is 14.8. The van der Waals surface area contributed by atoms with Gasteiger partial charge in [0.05, 0.1) is 11.7 Å². The van der Waals surface area contributed by atoms with E-state index in [0.717, 1.165) is 17.0 Å². The summed E-state index contributed by atoms with van der Waals surface area (Å²) >= 11 is 0. The molecule has 21 heavy (non-hydrogen) atoms. The van der Waals surface area contributed by atoms with Crippen LogP contribution in [0.1, 0.15) is 15.9 Å². The molecule has 1 aromatic heterocycles. The van der Waals surface area contributed by atoms with Crippen molar-refractivity contribution in [2.75, 3.05) is 0 Å². The average Bonchev–Trinajstić information content (AvgIpc) is 2.91. The maximum Gasteiger partial charge on any atom is 0.251 e. The van der Waals surface area contributed by atoms with Crippen molar-refractivity contribution in [2.24, 2.45) is 0 Å². The molecular formula is C15H11F2N3O. The Kier molecular flexibility index (Phi) is 3.35. The quantitative estimate of drug-likeness (QED) is 0.778. The molecule has 3 rings (SSSR count). The minimum Gasteiger partial charge on any atom is -0.348 e. The van der Waals surface area contributed by atoms with Crippen LogP contribution in [0.3, 0.4) is 0 Å². The van der Waals surface area contributed by atoms with E-state index in [1.165, 1.54) is 12.1 Å². The number of halogens is 2. The summed E-state index contributed by atoms with van der Waals surface area (Å²) in [4.78, 5) is 12.0. The summed E-state index contributed by atoms with van der Waals surface area (Å²) in [6, 6.07) is 8.25. The smallest absolute Gasteiger partial charge is 0.251 e. The number of benzene rings is 2. The van der Waals surface area contributed by atoms with E-state index in [4.69, 9.17) is 0 Å². The van der Waals surface area contributed by atoms with Crippen molar-refractivity contribution in [3.05, 3.63) is 65.4 Å². The predicted molar refractivity (Wildman–Crippen MR) is 73.6 cm³/mol.